The molecule has 4 heteroatoms. The molecule has 1 fully saturated rings. The zero-order valence-electron chi connectivity index (χ0n) is 12.1. The zero-order valence-corrected chi connectivity index (χ0v) is 12.8. The number of benzene rings is 1. The highest BCUT2D eigenvalue weighted by atomic mass is 35.5. The fourth-order valence-electron chi connectivity index (χ4n) is 2.52. The lowest BCUT2D eigenvalue weighted by atomic mass is 9.87. The monoisotopic (exact) mass is 295 g/mol. The van der Waals surface area contributed by atoms with E-state index in [1.54, 1.807) is 25.1 Å². The Morgan fingerprint density at radius 1 is 1.35 bits per heavy atom. The quantitative estimate of drug-likeness (QED) is 0.917. The molecule has 0 bridgehead atoms. The van der Waals surface area contributed by atoms with Crippen LogP contribution >= 0.6 is 11.6 Å². The van der Waals surface area contributed by atoms with E-state index < -0.39 is 6.10 Å². The molecule has 3 nitrogen and oxygen atoms in total. The van der Waals surface area contributed by atoms with Gasteiger partial charge in [0, 0.05) is 11.1 Å². The summed E-state index contributed by atoms with van der Waals surface area (Å²) < 4.78 is 5.62. The maximum absolute atomic E-state index is 12.1. The Balaban J connectivity index is 1.83. The summed E-state index contributed by atoms with van der Waals surface area (Å²) in [7, 11) is 0. The highest BCUT2D eigenvalue weighted by Gasteiger charge is 2.22. The molecule has 20 heavy (non-hydrogen) atoms. The van der Waals surface area contributed by atoms with Crippen molar-refractivity contribution in [1.82, 2.24) is 5.32 Å². The van der Waals surface area contributed by atoms with Crippen LogP contribution in [0.15, 0.2) is 24.3 Å². The molecule has 1 aliphatic carbocycles. The third kappa shape index (κ3) is 4.41. The van der Waals surface area contributed by atoms with Gasteiger partial charge in [-0.15, -0.1) is 0 Å². The molecule has 1 aliphatic rings. The van der Waals surface area contributed by atoms with Crippen molar-refractivity contribution in [2.75, 3.05) is 0 Å². The largest absolute Gasteiger partial charge is 0.481 e. The van der Waals surface area contributed by atoms with E-state index in [9.17, 15) is 4.79 Å². The van der Waals surface area contributed by atoms with E-state index in [4.69, 9.17) is 16.3 Å². The number of carbonyl (C=O) groups excluding carboxylic acids is 1. The molecule has 0 aliphatic heterocycles. The van der Waals surface area contributed by atoms with Crippen molar-refractivity contribution in [2.24, 2.45) is 5.92 Å². The highest BCUT2D eigenvalue weighted by molar-refractivity contribution is 6.30. The molecule has 1 aromatic rings. The van der Waals surface area contributed by atoms with E-state index >= 15 is 0 Å². The number of rotatable bonds is 4. The standard InChI is InChI=1S/C16H22ClNO2/c1-11-6-8-14(9-7-11)18-16(19)12(2)20-15-5-3-4-13(17)10-15/h3-5,10-12,14H,6-9H2,1-2H3,(H,18,19). The van der Waals surface area contributed by atoms with Crippen LogP contribution < -0.4 is 10.1 Å². The normalized spacial score (nSPS) is 23.9. The van der Waals surface area contributed by atoms with Gasteiger partial charge in [0.2, 0.25) is 0 Å². The van der Waals surface area contributed by atoms with Gasteiger partial charge < -0.3 is 10.1 Å². The molecule has 1 unspecified atom stereocenters. The summed E-state index contributed by atoms with van der Waals surface area (Å²) in [6.07, 6.45) is 4.00. The van der Waals surface area contributed by atoms with E-state index in [0.717, 1.165) is 18.8 Å². The Morgan fingerprint density at radius 2 is 2.05 bits per heavy atom. The fraction of sp³-hybridized carbons (Fsp3) is 0.562. The van der Waals surface area contributed by atoms with Crippen molar-refractivity contribution in [1.29, 1.82) is 0 Å². The summed E-state index contributed by atoms with van der Waals surface area (Å²) in [5.41, 5.74) is 0. The number of amides is 1. The van der Waals surface area contributed by atoms with Crippen LogP contribution in [0.4, 0.5) is 0 Å². The van der Waals surface area contributed by atoms with Gasteiger partial charge in [0.1, 0.15) is 5.75 Å². The van der Waals surface area contributed by atoms with Gasteiger partial charge in [-0.3, -0.25) is 4.79 Å². The molecule has 0 heterocycles. The van der Waals surface area contributed by atoms with Crippen LogP contribution in [0.2, 0.25) is 5.02 Å². The molecule has 1 amide bonds. The van der Waals surface area contributed by atoms with Gasteiger partial charge in [0.05, 0.1) is 0 Å². The second-order valence-electron chi connectivity index (χ2n) is 5.68. The van der Waals surface area contributed by atoms with Gasteiger partial charge in [-0.2, -0.15) is 0 Å². The Hall–Kier alpha value is -1.22. The summed E-state index contributed by atoms with van der Waals surface area (Å²) in [5.74, 6) is 1.35. The van der Waals surface area contributed by atoms with Crippen molar-refractivity contribution in [3.8, 4) is 5.75 Å². The minimum Gasteiger partial charge on any atom is -0.481 e. The first-order valence-electron chi connectivity index (χ1n) is 7.27. The van der Waals surface area contributed by atoms with Crippen LogP contribution in [0.3, 0.4) is 0 Å². The van der Waals surface area contributed by atoms with Gasteiger partial charge in [0.15, 0.2) is 6.10 Å². The number of halogens is 1. The fourth-order valence-corrected chi connectivity index (χ4v) is 2.70. The van der Waals surface area contributed by atoms with Crippen LogP contribution in [-0.2, 0) is 4.79 Å². The first kappa shape index (κ1) is 15.2. The van der Waals surface area contributed by atoms with E-state index in [-0.39, 0.29) is 5.91 Å². The molecule has 1 N–H and O–H groups in total. The first-order valence-corrected chi connectivity index (χ1v) is 7.65. The maximum atomic E-state index is 12.1. The van der Waals surface area contributed by atoms with Crippen molar-refractivity contribution < 1.29 is 9.53 Å². The van der Waals surface area contributed by atoms with Crippen molar-refractivity contribution in [3.05, 3.63) is 29.3 Å². The van der Waals surface area contributed by atoms with E-state index in [2.05, 4.69) is 12.2 Å². The number of carbonyl (C=O) groups is 1. The van der Waals surface area contributed by atoms with Gasteiger partial charge in [-0.05, 0) is 56.7 Å². The lowest BCUT2D eigenvalue weighted by Gasteiger charge is -2.28. The molecule has 0 saturated heterocycles. The third-order valence-corrected chi connectivity index (χ3v) is 4.08. The van der Waals surface area contributed by atoms with Crippen LogP contribution in [-0.4, -0.2) is 18.1 Å². The Kier molecular flexibility index (Phi) is 5.30. The Bertz CT molecular complexity index is 456. The molecular formula is C16H22ClNO2. The molecule has 1 saturated carbocycles. The molecule has 0 aromatic heterocycles. The van der Waals surface area contributed by atoms with Crippen molar-refractivity contribution in [2.45, 2.75) is 51.7 Å². The average molecular weight is 296 g/mol. The van der Waals surface area contributed by atoms with E-state index in [1.807, 2.05) is 6.07 Å². The third-order valence-electron chi connectivity index (χ3n) is 3.84. The van der Waals surface area contributed by atoms with E-state index in [0.29, 0.717) is 16.8 Å². The molecular weight excluding hydrogens is 274 g/mol. The number of nitrogens with one attached hydrogen (secondary N) is 1. The van der Waals surface area contributed by atoms with Crippen LogP contribution in [0.1, 0.15) is 39.5 Å². The molecule has 1 aromatic carbocycles. The number of ether oxygens (including phenoxy) is 1. The Morgan fingerprint density at radius 3 is 2.70 bits per heavy atom. The summed E-state index contributed by atoms with van der Waals surface area (Å²) >= 11 is 5.90. The second-order valence-corrected chi connectivity index (χ2v) is 6.12. The predicted molar refractivity (Wildman–Crippen MR) is 81.1 cm³/mol. The molecule has 1 atom stereocenters. The average Bonchev–Trinajstić information content (AvgIpc) is 2.41. The summed E-state index contributed by atoms with van der Waals surface area (Å²) in [6.45, 7) is 4.03. The van der Waals surface area contributed by atoms with Gasteiger partial charge in [-0.25, -0.2) is 0 Å². The Labute approximate surface area is 125 Å². The SMILES string of the molecule is CC1CCC(NC(=O)C(C)Oc2cccc(Cl)c2)CC1. The van der Waals surface area contributed by atoms with Crippen LogP contribution in [0.5, 0.6) is 5.75 Å². The minimum atomic E-state index is -0.507. The summed E-state index contributed by atoms with van der Waals surface area (Å²) in [5, 5.41) is 3.68. The number of hydrogen-bond donors (Lipinski definition) is 1. The molecule has 2 rings (SSSR count). The number of hydrogen-bond acceptors (Lipinski definition) is 2. The van der Waals surface area contributed by atoms with E-state index in [1.165, 1.54) is 12.8 Å². The van der Waals surface area contributed by atoms with Crippen LogP contribution in [0, 0.1) is 5.92 Å². The maximum Gasteiger partial charge on any atom is 0.260 e. The van der Waals surface area contributed by atoms with Crippen molar-refractivity contribution >= 4 is 17.5 Å². The van der Waals surface area contributed by atoms with Crippen LogP contribution in [0.25, 0.3) is 0 Å². The van der Waals surface area contributed by atoms with Gasteiger partial charge in [-0.1, -0.05) is 24.6 Å². The summed E-state index contributed by atoms with van der Waals surface area (Å²) in [6, 6.07) is 7.41. The highest BCUT2D eigenvalue weighted by Crippen LogP contribution is 2.23. The van der Waals surface area contributed by atoms with Gasteiger partial charge in [0.25, 0.3) is 5.91 Å². The van der Waals surface area contributed by atoms with Gasteiger partial charge >= 0.3 is 0 Å². The topological polar surface area (TPSA) is 38.3 Å². The first-order chi connectivity index (χ1) is 9.54. The lowest BCUT2D eigenvalue weighted by molar-refractivity contribution is -0.128. The predicted octanol–water partition coefficient (Wildman–Crippen LogP) is 3.80. The molecule has 110 valence electrons. The second kappa shape index (κ2) is 6.98. The summed E-state index contributed by atoms with van der Waals surface area (Å²) in [4.78, 5) is 12.1. The lowest BCUT2D eigenvalue weighted by Crippen LogP contribution is -2.43. The van der Waals surface area contributed by atoms with Crippen molar-refractivity contribution in [3.63, 3.8) is 0 Å². The molecule has 0 spiro atoms. The smallest absolute Gasteiger partial charge is 0.260 e. The zero-order chi connectivity index (χ0) is 14.5. The minimum absolute atomic E-state index is 0.0514. The molecule has 0 radical (unpaired) electrons.